The number of pyridine rings is 1. The van der Waals surface area contributed by atoms with Gasteiger partial charge in [0, 0.05) is 76.1 Å². The molecule has 0 spiro atoms. The Kier molecular flexibility index (Phi) is 5.33. The van der Waals surface area contributed by atoms with E-state index in [2.05, 4.69) is 59.5 Å². The van der Waals surface area contributed by atoms with Gasteiger partial charge < -0.3 is 15.0 Å². The molecule has 0 saturated heterocycles. The fourth-order valence-corrected chi connectivity index (χ4v) is 2.96. The van der Waals surface area contributed by atoms with Crippen LogP contribution in [0, 0.1) is 0 Å². The van der Waals surface area contributed by atoms with E-state index < -0.39 is 0 Å². The number of rotatable bonds is 5. The monoisotopic (exact) mass is 326 g/mol. The lowest BCUT2D eigenvalue weighted by molar-refractivity contribution is 0.147. The third-order valence-corrected chi connectivity index (χ3v) is 4.39. The van der Waals surface area contributed by atoms with Crippen molar-refractivity contribution < 1.29 is 4.74 Å². The number of methoxy groups -OCH3 is 1. The molecule has 2 aromatic rings. The van der Waals surface area contributed by atoms with Crippen LogP contribution in [0.4, 0.5) is 11.4 Å². The first-order chi connectivity index (χ1) is 11.7. The van der Waals surface area contributed by atoms with Crippen LogP contribution in [0.1, 0.15) is 5.56 Å². The predicted octanol–water partition coefficient (Wildman–Crippen LogP) is 2.69. The fraction of sp³-hybridized carbons (Fsp3) is 0.421. The summed E-state index contributed by atoms with van der Waals surface area (Å²) in [5.41, 5.74) is 5.77. The number of benzene rings is 1. The predicted molar refractivity (Wildman–Crippen MR) is 99.6 cm³/mol. The van der Waals surface area contributed by atoms with Gasteiger partial charge in [0.25, 0.3) is 0 Å². The molecule has 1 aliphatic rings. The summed E-state index contributed by atoms with van der Waals surface area (Å²) in [5.74, 6) is 0. The molecule has 2 heterocycles. The van der Waals surface area contributed by atoms with Crippen molar-refractivity contribution in [3.05, 3.63) is 42.1 Å². The minimum absolute atomic E-state index is 0.762. The van der Waals surface area contributed by atoms with Crippen LogP contribution in [-0.4, -0.2) is 57.3 Å². The molecule has 1 aromatic heterocycles. The number of hydrogen-bond acceptors (Lipinski definition) is 5. The van der Waals surface area contributed by atoms with Crippen molar-refractivity contribution >= 4 is 11.4 Å². The summed E-state index contributed by atoms with van der Waals surface area (Å²) < 4.78 is 5.20. The second-order valence-corrected chi connectivity index (χ2v) is 6.37. The van der Waals surface area contributed by atoms with E-state index >= 15 is 0 Å². The van der Waals surface area contributed by atoms with Gasteiger partial charge in [0.2, 0.25) is 0 Å². The normalized spacial score (nSPS) is 14.6. The Hall–Kier alpha value is -2.11. The first-order valence-corrected chi connectivity index (χ1v) is 8.39. The SMILES string of the molecule is COCCN1CCNc2cc(-c3cccc(N(C)C)c3)ncc2C1. The molecule has 0 unspecified atom stereocenters. The van der Waals surface area contributed by atoms with E-state index in [0.717, 1.165) is 44.0 Å². The lowest BCUT2D eigenvalue weighted by atomic mass is 10.1. The second kappa shape index (κ2) is 7.64. The first-order valence-electron chi connectivity index (χ1n) is 8.39. The van der Waals surface area contributed by atoms with Crippen LogP contribution in [0.25, 0.3) is 11.3 Å². The Morgan fingerprint density at radius 2 is 2.17 bits per heavy atom. The quantitative estimate of drug-likeness (QED) is 0.915. The number of nitrogens with one attached hydrogen (secondary N) is 1. The van der Waals surface area contributed by atoms with Gasteiger partial charge in [-0.25, -0.2) is 0 Å². The van der Waals surface area contributed by atoms with Gasteiger partial charge in [0.05, 0.1) is 12.3 Å². The van der Waals surface area contributed by atoms with Crippen LogP contribution in [0.2, 0.25) is 0 Å². The van der Waals surface area contributed by atoms with Crippen LogP contribution in [0.5, 0.6) is 0 Å². The summed E-state index contributed by atoms with van der Waals surface area (Å²) in [6.07, 6.45) is 2.01. The number of hydrogen-bond donors (Lipinski definition) is 1. The molecular formula is C19H26N4O. The highest BCUT2D eigenvalue weighted by Crippen LogP contribution is 2.27. The average molecular weight is 326 g/mol. The van der Waals surface area contributed by atoms with E-state index in [1.165, 1.54) is 16.9 Å². The van der Waals surface area contributed by atoms with E-state index in [1.54, 1.807) is 7.11 Å². The van der Waals surface area contributed by atoms with Crippen molar-refractivity contribution in [1.29, 1.82) is 0 Å². The van der Waals surface area contributed by atoms with Crippen LogP contribution in [-0.2, 0) is 11.3 Å². The lowest BCUT2D eigenvalue weighted by Crippen LogP contribution is -2.29. The summed E-state index contributed by atoms with van der Waals surface area (Å²) in [6.45, 7) is 4.58. The number of anilines is 2. The summed E-state index contributed by atoms with van der Waals surface area (Å²) >= 11 is 0. The van der Waals surface area contributed by atoms with Crippen molar-refractivity contribution in [2.45, 2.75) is 6.54 Å². The fourth-order valence-electron chi connectivity index (χ4n) is 2.96. The Bertz CT molecular complexity index is 687. The molecule has 3 rings (SSSR count). The van der Waals surface area contributed by atoms with Crippen molar-refractivity contribution in [3.63, 3.8) is 0 Å². The van der Waals surface area contributed by atoms with Gasteiger partial charge in [-0.05, 0) is 18.2 Å². The Morgan fingerprint density at radius 1 is 1.29 bits per heavy atom. The summed E-state index contributed by atoms with van der Waals surface area (Å²) in [7, 11) is 5.86. The van der Waals surface area contributed by atoms with Gasteiger partial charge >= 0.3 is 0 Å². The standard InChI is InChI=1S/C19H26N4O/c1-22(2)17-6-4-5-15(11-17)18-12-19-16(13-21-18)14-23(8-7-20-19)9-10-24-3/h4-6,11-13,20H,7-10,14H2,1-3H3. The molecule has 1 aromatic carbocycles. The zero-order chi connectivity index (χ0) is 16.9. The van der Waals surface area contributed by atoms with Gasteiger partial charge in [-0.2, -0.15) is 0 Å². The molecule has 0 amide bonds. The second-order valence-electron chi connectivity index (χ2n) is 6.37. The maximum absolute atomic E-state index is 5.20. The molecule has 0 atom stereocenters. The van der Waals surface area contributed by atoms with Crippen molar-refractivity contribution in [1.82, 2.24) is 9.88 Å². The van der Waals surface area contributed by atoms with E-state index in [9.17, 15) is 0 Å². The van der Waals surface area contributed by atoms with Gasteiger partial charge in [-0.3, -0.25) is 9.88 Å². The van der Waals surface area contributed by atoms with E-state index in [4.69, 9.17) is 9.72 Å². The van der Waals surface area contributed by atoms with Gasteiger partial charge in [-0.15, -0.1) is 0 Å². The number of nitrogens with zero attached hydrogens (tertiary/aromatic N) is 3. The minimum atomic E-state index is 0.762. The highest BCUT2D eigenvalue weighted by Gasteiger charge is 2.15. The zero-order valence-corrected chi connectivity index (χ0v) is 14.7. The molecule has 0 saturated carbocycles. The molecule has 0 bridgehead atoms. The first kappa shape index (κ1) is 16.7. The summed E-state index contributed by atoms with van der Waals surface area (Å²) in [4.78, 5) is 9.21. The number of aromatic nitrogens is 1. The Labute approximate surface area is 144 Å². The molecule has 0 radical (unpaired) electrons. The van der Waals surface area contributed by atoms with Gasteiger partial charge in [0.1, 0.15) is 0 Å². The molecule has 5 nitrogen and oxygen atoms in total. The van der Waals surface area contributed by atoms with Crippen LogP contribution in [0.3, 0.4) is 0 Å². The molecule has 5 heteroatoms. The highest BCUT2D eigenvalue weighted by molar-refractivity contribution is 5.69. The van der Waals surface area contributed by atoms with E-state index in [-0.39, 0.29) is 0 Å². The Morgan fingerprint density at radius 3 is 2.96 bits per heavy atom. The largest absolute Gasteiger partial charge is 0.383 e. The van der Waals surface area contributed by atoms with E-state index in [0.29, 0.717) is 0 Å². The average Bonchev–Trinajstić information content (AvgIpc) is 2.81. The van der Waals surface area contributed by atoms with Crippen molar-refractivity contribution in [2.24, 2.45) is 0 Å². The van der Waals surface area contributed by atoms with E-state index in [1.807, 2.05) is 6.20 Å². The summed E-state index contributed by atoms with van der Waals surface area (Å²) in [6, 6.07) is 10.7. The third-order valence-electron chi connectivity index (χ3n) is 4.39. The van der Waals surface area contributed by atoms with Crippen molar-refractivity contribution in [2.75, 3.05) is 57.7 Å². The van der Waals surface area contributed by atoms with Crippen LogP contribution in [0.15, 0.2) is 36.5 Å². The lowest BCUT2D eigenvalue weighted by Gasteiger charge is -2.19. The number of fused-ring (bicyclic) bond motifs is 1. The van der Waals surface area contributed by atoms with Gasteiger partial charge in [-0.1, -0.05) is 12.1 Å². The molecule has 1 N–H and O–H groups in total. The topological polar surface area (TPSA) is 40.6 Å². The molecule has 0 fully saturated rings. The minimum Gasteiger partial charge on any atom is -0.383 e. The van der Waals surface area contributed by atoms with Crippen LogP contribution < -0.4 is 10.2 Å². The maximum Gasteiger partial charge on any atom is 0.0723 e. The molecule has 1 aliphatic heterocycles. The van der Waals surface area contributed by atoms with Crippen molar-refractivity contribution in [3.8, 4) is 11.3 Å². The Balaban J connectivity index is 1.84. The third kappa shape index (κ3) is 3.86. The maximum atomic E-state index is 5.20. The molecule has 24 heavy (non-hydrogen) atoms. The van der Waals surface area contributed by atoms with Gasteiger partial charge in [0.15, 0.2) is 0 Å². The molecule has 128 valence electrons. The smallest absolute Gasteiger partial charge is 0.0723 e. The highest BCUT2D eigenvalue weighted by atomic mass is 16.5. The number of ether oxygens (including phenoxy) is 1. The van der Waals surface area contributed by atoms with Crippen LogP contribution >= 0.6 is 0 Å². The summed E-state index contributed by atoms with van der Waals surface area (Å²) in [5, 5.41) is 3.55. The molecule has 0 aliphatic carbocycles. The molecular weight excluding hydrogens is 300 g/mol. The zero-order valence-electron chi connectivity index (χ0n) is 14.7.